The Balaban J connectivity index is 1.82. The van der Waals surface area contributed by atoms with Crippen LogP contribution in [-0.4, -0.2) is 21.8 Å². The maximum Gasteiger partial charge on any atom is 0.119 e. The molecule has 4 heteroatoms. The van der Waals surface area contributed by atoms with Gasteiger partial charge in [-0.2, -0.15) is 0 Å². The SMILES string of the molecule is COc1ccc(-n2cnc3ccc(-c4ccc(O)cc4)cc32)cc1. The number of phenolic OH excluding ortho intramolecular Hbond substituents is 1. The molecule has 1 heterocycles. The van der Waals surface area contributed by atoms with Crippen molar-refractivity contribution in [3.8, 4) is 28.3 Å². The van der Waals surface area contributed by atoms with Crippen LogP contribution in [0.25, 0.3) is 27.8 Å². The molecule has 0 spiro atoms. The summed E-state index contributed by atoms with van der Waals surface area (Å²) in [6, 6.07) is 21.3. The third kappa shape index (κ3) is 2.48. The summed E-state index contributed by atoms with van der Waals surface area (Å²) in [6.07, 6.45) is 1.83. The van der Waals surface area contributed by atoms with Gasteiger partial charge in [0.05, 0.1) is 18.1 Å². The van der Waals surface area contributed by atoms with E-state index in [1.165, 1.54) is 0 Å². The highest BCUT2D eigenvalue weighted by Crippen LogP contribution is 2.27. The Labute approximate surface area is 139 Å². The van der Waals surface area contributed by atoms with Gasteiger partial charge in [-0.05, 0) is 59.7 Å². The van der Waals surface area contributed by atoms with Crippen molar-refractivity contribution in [2.45, 2.75) is 0 Å². The monoisotopic (exact) mass is 316 g/mol. The summed E-state index contributed by atoms with van der Waals surface area (Å²) < 4.78 is 7.27. The first kappa shape index (κ1) is 14.3. The molecule has 0 fully saturated rings. The summed E-state index contributed by atoms with van der Waals surface area (Å²) in [4.78, 5) is 4.48. The molecule has 0 amide bonds. The zero-order valence-electron chi connectivity index (χ0n) is 13.2. The third-order valence-electron chi connectivity index (χ3n) is 4.10. The van der Waals surface area contributed by atoms with Crippen molar-refractivity contribution in [3.63, 3.8) is 0 Å². The summed E-state index contributed by atoms with van der Waals surface area (Å²) in [5, 5.41) is 9.45. The fraction of sp³-hybridized carbons (Fsp3) is 0.0500. The average molecular weight is 316 g/mol. The number of hydrogen-bond donors (Lipinski definition) is 1. The lowest BCUT2D eigenvalue weighted by Gasteiger charge is -2.07. The Morgan fingerprint density at radius 1 is 0.875 bits per heavy atom. The normalized spacial score (nSPS) is 10.9. The number of methoxy groups -OCH3 is 1. The van der Waals surface area contributed by atoms with E-state index >= 15 is 0 Å². The molecule has 4 rings (SSSR count). The van der Waals surface area contributed by atoms with Crippen LogP contribution >= 0.6 is 0 Å². The lowest BCUT2D eigenvalue weighted by Crippen LogP contribution is -1.92. The molecule has 0 unspecified atom stereocenters. The van der Waals surface area contributed by atoms with Gasteiger partial charge in [-0.25, -0.2) is 4.98 Å². The number of imidazole rings is 1. The van der Waals surface area contributed by atoms with Gasteiger partial charge < -0.3 is 9.84 Å². The Morgan fingerprint density at radius 2 is 1.58 bits per heavy atom. The Hall–Kier alpha value is -3.27. The van der Waals surface area contributed by atoms with Gasteiger partial charge in [0.15, 0.2) is 0 Å². The fourth-order valence-electron chi connectivity index (χ4n) is 2.79. The third-order valence-corrected chi connectivity index (χ3v) is 4.10. The molecule has 1 aromatic heterocycles. The molecule has 3 aromatic carbocycles. The van der Waals surface area contributed by atoms with Crippen molar-refractivity contribution in [1.82, 2.24) is 9.55 Å². The molecule has 4 nitrogen and oxygen atoms in total. The molecule has 0 aliphatic rings. The standard InChI is InChI=1S/C20H16N2O2/c1-24-18-9-5-16(6-10-18)22-13-21-19-11-4-15(12-20(19)22)14-2-7-17(23)8-3-14/h2-13,23H,1H3. The summed E-state index contributed by atoms with van der Waals surface area (Å²) in [6.45, 7) is 0. The average Bonchev–Trinajstić information content (AvgIpc) is 3.05. The quantitative estimate of drug-likeness (QED) is 0.609. The van der Waals surface area contributed by atoms with Crippen LogP contribution in [0.4, 0.5) is 0 Å². The van der Waals surface area contributed by atoms with Crippen molar-refractivity contribution < 1.29 is 9.84 Å². The first-order valence-corrected chi connectivity index (χ1v) is 7.65. The number of rotatable bonds is 3. The minimum atomic E-state index is 0.267. The van der Waals surface area contributed by atoms with Gasteiger partial charge in [0.1, 0.15) is 17.8 Å². The van der Waals surface area contributed by atoms with Crippen LogP contribution in [0.1, 0.15) is 0 Å². The van der Waals surface area contributed by atoms with Crippen LogP contribution in [0, 0.1) is 0 Å². The molecule has 0 aliphatic heterocycles. The zero-order chi connectivity index (χ0) is 16.5. The second-order valence-corrected chi connectivity index (χ2v) is 5.56. The van der Waals surface area contributed by atoms with Gasteiger partial charge in [0.25, 0.3) is 0 Å². The highest BCUT2D eigenvalue weighted by atomic mass is 16.5. The van der Waals surface area contributed by atoms with E-state index in [0.717, 1.165) is 33.6 Å². The van der Waals surface area contributed by atoms with Gasteiger partial charge in [0.2, 0.25) is 0 Å². The molecular weight excluding hydrogens is 300 g/mol. The van der Waals surface area contributed by atoms with Crippen LogP contribution in [0.5, 0.6) is 11.5 Å². The largest absolute Gasteiger partial charge is 0.508 e. The Morgan fingerprint density at radius 3 is 2.29 bits per heavy atom. The number of hydrogen-bond acceptors (Lipinski definition) is 3. The molecular formula is C20H16N2O2. The van der Waals surface area contributed by atoms with Gasteiger partial charge in [0, 0.05) is 5.69 Å². The first-order valence-electron chi connectivity index (χ1n) is 7.65. The van der Waals surface area contributed by atoms with Crippen molar-refractivity contribution in [1.29, 1.82) is 0 Å². The number of aromatic hydroxyl groups is 1. The molecule has 0 atom stereocenters. The second-order valence-electron chi connectivity index (χ2n) is 5.56. The Bertz CT molecular complexity index is 987. The van der Waals surface area contributed by atoms with Crippen LogP contribution in [0.3, 0.4) is 0 Å². The molecule has 24 heavy (non-hydrogen) atoms. The van der Waals surface area contributed by atoms with Gasteiger partial charge in [-0.15, -0.1) is 0 Å². The van der Waals surface area contributed by atoms with Crippen LogP contribution in [0.2, 0.25) is 0 Å². The summed E-state index contributed by atoms with van der Waals surface area (Å²) in [5.41, 5.74) is 5.13. The predicted molar refractivity (Wildman–Crippen MR) is 94.7 cm³/mol. The summed E-state index contributed by atoms with van der Waals surface area (Å²) >= 11 is 0. The van der Waals surface area contributed by atoms with Gasteiger partial charge >= 0.3 is 0 Å². The predicted octanol–water partition coefficient (Wildman–Crippen LogP) is 4.41. The van der Waals surface area contributed by atoms with Crippen LogP contribution in [0.15, 0.2) is 73.1 Å². The minimum Gasteiger partial charge on any atom is -0.508 e. The van der Waals surface area contributed by atoms with Crippen LogP contribution in [-0.2, 0) is 0 Å². The van der Waals surface area contributed by atoms with Crippen molar-refractivity contribution in [3.05, 3.63) is 73.1 Å². The second kappa shape index (κ2) is 5.74. The molecule has 0 saturated heterocycles. The maximum atomic E-state index is 9.45. The van der Waals surface area contributed by atoms with Crippen LogP contribution < -0.4 is 4.74 Å². The number of nitrogens with zero attached hydrogens (tertiary/aromatic N) is 2. The van der Waals surface area contributed by atoms with Gasteiger partial charge in [-0.3, -0.25) is 4.57 Å². The maximum absolute atomic E-state index is 9.45. The highest BCUT2D eigenvalue weighted by Gasteiger charge is 2.07. The van der Waals surface area contributed by atoms with Gasteiger partial charge in [-0.1, -0.05) is 18.2 Å². The number of benzene rings is 3. The number of fused-ring (bicyclic) bond motifs is 1. The summed E-state index contributed by atoms with van der Waals surface area (Å²) in [7, 11) is 1.66. The number of aromatic nitrogens is 2. The first-order chi connectivity index (χ1) is 11.7. The Kier molecular flexibility index (Phi) is 3.43. The fourth-order valence-corrected chi connectivity index (χ4v) is 2.79. The van der Waals surface area contributed by atoms with Crippen molar-refractivity contribution >= 4 is 11.0 Å². The number of ether oxygens (including phenoxy) is 1. The van der Waals surface area contributed by atoms with E-state index in [9.17, 15) is 5.11 Å². The van der Waals surface area contributed by atoms with E-state index in [4.69, 9.17) is 4.74 Å². The minimum absolute atomic E-state index is 0.267. The van der Waals surface area contributed by atoms with E-state index < -0.39 is 0 Å². The molecule has 1 N–H and O–H groups in total. The molecule has 0 aliphatic carbocycles. The van der Waals surface area contributed by atoms with E-state index in [1.54, 1.807) is 19.2 Å². The number of phenols is 1. The van der Waals surface area contributed by atoms with E-state index in [0.29, 0.717) is 0 Å². The van der Waals surface area contributed by atoms with Crippen molar-refractivity contribution in [2.24, 2.45) is 0 Å². The zero-order valence-corrected chi connectivity index (χ0v) is 13.2. The summed E-state index contributed by atoms with van der Waals surface area (Å²) in [5.74, 6) is 1.09. The molecule has 0 bridgehead atoms. The van der Waals surface area contributed by atoms with Crippen molar-refractivity contribution in [2.75, 3.05) is 7.11 Å². The van der Waals surface area contributed by atoms with E-state index in [1.807, 2.05) is 54.9 Å². The smallest absolute Gasteiger partial charge is 0.119 e. The molecule has 4 aromatic rings. The lowest BCUT2D eigenvalue weighted by molar-refractivity contribution is 0.415. The van der Waals surface area contributed by atoms with E-state index in [2.05, 4.69) is 15.6 Å². The molecule has 118 valence electrons. The molecule has 0 saturated carbocycles. The lowest BCUT2D eigenvalue weighted by atomic mass is 10.0. The molecule has 0 radical (unpaired) electrons. The highest BCUT2D eigenvalue weighted by molar-refractivity contribution is 5.83. The van der Waals surface area contributed by atoms with E-state index in [-0.39, 0.29) is 5.75 Å². The topological polar surface area (TPSA) is 47.3 Å².